The highest BCUT2D eigenvalue weighted by molar-refractivity contribution is 9.10. The van der Waals surface area contributed by atoms with E-state index in [1.54, 1.807) is 12.1 Å². The highest BCUT2D eigenvalue weighted by Crippen LogP contribution is 2.30. The van der Waals surface area contributed by atoms with Gasteiger partial charge in [0.1, 0.15) is 10.4 Å². The molecule has 0 unspecified atom stereocenters. The second kappa shape index (κ2) is 3.70. The van der Waals surface area contributed by atoms with Gasteiger partial charge >= 0.3 is 0 Å². The average molecular weight is 281 g/mol. The van der Waals surface area contributed by atoms with Crippen molar-refractivity contribution in [3.8, 4) is 5.69 Å². The predicted molar refractivity (Wildman–Crippen MR) is 63.2 cm³/mol. The van der Waals surface area contributed by atoms with E-state index in [-0.39, 0.29) is 5.82 Å². The van der Waals surface area contributed by atoms with Crippen molar-refractivity contribution >= 4 is 15.9 Å². The minimum Gasteiger partial charge on any atom is -0.236 e. The van der Waals surface area contributed by atoms with Crippen molar-refractivity contribution in [3.63, 3.8) is 0 Å². The van der Waals surface area contributed by atoms with E-state index in [0.29, 0.717) is 0 Å². The first-order chi connectivity index (χ1) is 7.75. The summed E-state index contributed by atoms with van der Waals surface area (Å²) in [5, 5.41) is 4.44. The van der Waals surface area contributed by atoms with Crippen LogP contribution in [-0.4, -0.2) is 9.78 Å². The maximum Gasteiger partial charge on any atom is 0.132 e. The molecule has 0 atom stereocenters. The summed E-state index contributed by atoms with van der Waals surface area (Å²) in [6, 6.07) is 6.44. The molecule has 2 aromatic rings. The van der Waals surface area contributed by atoms with E-state index in [1.807, 2.05) is 4.68 Å². The third-order valence-corrected chi connectivity index (χ3v) is 3.59. The van der Waals surface area contributed by atoms with E-state index in [0.717, 1.165) is 23.1 Å². The van der Waals surface area contributed by atoms with Crippen molar-refractivity contribution in [2.75, 3.05) is 0 Å². The Labute approximate surface area is 101 Å². The number of hydrogen-bond donors (Lipinski definition) is 0. The van der Waals surface area contributed by atoms with Gasteiger partial charge in [0.25, 0.3) is 0 Å². The molecule has 4 heteroatoms. The molecular weight excluding hydrogens is 271 g/mol. The first kappa shape index (κ1) is 10.0. The second-order valence-corrected chi connectivity index (χ2v) is 4.71. The van der Waals surface area contributed by atoms with Crippen LogP contribution >= 0.6 is 15.9 Å². The lowest BCUT2D eigenvalue weighted by atomic mass is 10.3. The fourth-order valence-electron chi connectivity index (χ4n) is 2.19. The summed E-state index contributed by atoms with van der Waals surface area (Å²) in [6.45, 7) is 0. The van der Waals surface area contributed by atoms with Crippen LogP contribution in [0.5, 0.6) is 0 Å². The maximum atomic E-state index is 12.8. The summed E-state index contributed by atoms with van der Waals surface area (Å²) in [4.78, 5) is 0. The van der Waals surface area contributed by atoms with Crippen LogP contribution in [0.1, 0.15) is 17.7 Å². The van der Waals surface area contributed by atoms with Crippen molar-refractivity contribution in [3.05, 3.63) is 45.9 Å². The molecule has 82 valence electrons. The van der Waals surface area contributed by atoms with Gasteiger partial charge in [-0.25, -0.2) is 9.07 Å². The molecule has 0 N–H and O–H groups in total. The quantitative estimate of drug-likeness (QED) is 0.784. The van der Waals surface area contributed by atoms with Gasteiger partial charge in [0.05, 0.1) is 5.69 Å². The molecule has 1 aliphatic rings. The molecule has 0 radical (unpaired) electrons. The SMILES string of the molecule is Fc1ccc(-n2nc(Br)c3c2CCC3)cc1. The molecule has 1 aliphatic carbocycles. The average Bonchev–Trinajstić information content (AvgIpc) is 2.84. The Bertz CT molecular complexity index is 531. The standard InChI is InChI=1S/C12H10BrFN2/c13-12-10-2-1-3-11(10)16(15-12)9-6-4-8(14)5-7-9/h4-7H,1-3H2. The van der Waals surface area contributed by atoms with Crippen LogP contribution in [0, 0.1) is 5.82 Å². The number of nitrogens with zero attached hydrogens (tertiary/aromatic N) is 2. The van der Waals surface area contributed by atoms with Gasteiger partial charge < -0.3 is 0 Å². The number of hydrogen-bond acceptors (Lipinski definition) is 1. The lowest BCUT2D eigenvalue weighted by Crippen LogP contribution is -2.00. The molecule has 1 heterocycles. The number of rotatable bonds is 1. The lowest BCUT2D eigenvalue weighted by Gasteiger charge is -2.04. The van der Waals surface area contributed by atoms with Gasteiger partial charge in [-0.2, -0.15) is 5.10 Å². The first-order valence-corrected chi connectivity index (χ1v) is 6.07. The third-order valence-electron chi connectivity index (χ3n) is 2.95. The molecule has 0 aliphatic heterocycles. The molecule has 1 aromatic carbocycles. The number of fused-ring (bicyclic) bond motifs is 1. The highest BCUT2D eigenvalue weighted by Gasteiger charge is 2.21. The van der Waals surface area contributed by atoms with Crippen molar-refractivity contribution in [2.45, 2.75) is 19.3 Å². The number of halogens is 2. The normalized spacial score (nSPS) is 14.1. The molecular formula is C12H10BrFN2. The highest BCUT2D eigenvalue weighted by atomic mass is 79.9. The summed E-state index contributed by atoms with van der Waals surface area (Å²) < 4.78 is 15.7. The van der Waals surface area contributed by atoms with Crippen LogP contribution in [0.25, 0.3) is 5.69 Å². The topological polar surface area (TPSA) is 17.8 Å². The summed E-state index contributed by atoms with van der Waals surface area (Å²) in [6.07, 6.45) is 3.30. The minimum absolute atomic E-state index is 0.216. The van der Waals surface area contributed by atoms with Crippen molar-refractivity contribution in [1.82, 2.24) is 9.78 Å². The van der Waals surface area contributed by atoms with E-state index in [2.05, 4.69) is 21.0 Å². The number of benzene rings is 1. The summed E-state index contributed by atoms with van der Waals surface area (Å²) in [5.74, 6) is -0.216. The molecule has 2 nitrogen and oxygen atoms in total. The molecule has 0 spiro atoms. The Morgan fingerprint density at radius 3 is 2.69 bits per heavy atom. The molecule has 0 fully saturated rings. The maximum absolute atomic E-state index is 12.8. The Hall–Kier alpha value is -1.16. The molecule has 1 aromatic heterocycles. The monoisotopic (exact) mass is 280 g/mol. The van der Waals surface area contributed by atoms with Gasteiger partial charge in [0.15, 0.2) is 0 Å². The van der Waals surface area contributed by atoms with Gasteiger partial charge in [-0.1, -0.05) is 0 Å². The van der Waals surface area contributed by atoms with Gasteiger partial charge in [0, 0.05) is 11.3 Å². The van der Waals surface area contributed by atoms with Crippen molar-refractivity contribution in [1.29, 1.82) is 0 Å². The van der Waals surface area contributed by atoms with Crippen LogP contribution in [0.3, 0.4) is 0 Å². The zero-order valence-electron chi connectivity index (χ0n) is 8.58. The lowest BCUT2D eigenvalue weighted by molar-refractivity contribution is 0.626. The van der Waals surface area contributed by atoms with E-state index < -0.39 is 0 Å². The zero-order valence-corrected chi connectivity index (χ0v) is 10.2. The predicted octanol–water partition coefficient (Wildman–Crippen LogP) is 3.26. The van der Waals surface area contributed by atoms with Gasteiger partial charge in [-0.15, -0.1) is 0 Å². The Morgan fingerprint density at radius 1 is 1.19 bits per heavy atom. The minimum atomic E-state index is -0.216. The van der Waals surface area contributed by atoms with Crippen molar-refractivity contribution in [2.24, 2.45) is 0 Å². The van der Waals surface area contributed by atoms with Gasteiger partial charge in [-0.3, -0.25) is 0 Å². The fourth-order valence-corrected chi connectivity index (χ4v) is 2.77. The Morgan fingerprint density at radius 2 is 1.94 bits per heavy atom. The first-order valence-electron chi connectivity index (χ1n) is 5.28. The third kappa shape index (κ3) is 1.48. The van der Waals surface area contributed by atoms with E-state index in [4.69, 9.17) is 0 Å². The Balaban J connectivity index is 2.13. The second-order valence-electron chi connectivity index (χ2n) is 3.96. The van der Waals surface area contributed by atoms with Gasteiger partial charge in [0.2, 0.25) is 0 Å². The molecule has 16 heavy (non-hydrogen) atoms. The van der Waals surface area contributed by atoms with E-state index in [9.17, 15) is 4.39 Å². The van der Waals surface area contributed by atoms with E-state index >= 15 is 0 Å². The molecule has 0 saturated heterocycles. The fraction of sp³-hybridized carbons (Fsp3) is 0.250. The van der Waals surface area contributed by atoms with E-state index in [1.165, 1.54) is 29.8 Å². The zero-order chi connectivity index (χ0) is 11.1. The number of aromatic nitrogens is 2. The molecule has 0 amide bonds. The van der Waals surface area contributed by atoms with Crippen LogP contribution in [0.4, 0.5) is 4.39 Å². The van der Waals surface area contributed by atoms with Crippen molar-refractivity contribution < 1.29 is 4.39 Å². The van der Waals surface area contributed by atoms with Crippen LogP contribution in [-0.2, 0) is 12.8 Å². The van der Waals surface area contributed by atoms with Crippen LogP contribution in [0.15, 0.2) is 28.9 Å². The van der Waals surface area contributed by atoms with Crippen LogP contribution in [0.2, 0.25) is 0 Å². The van der Waals surface area contributed by atoms with Crippen LogP contribution < -0.4 is 0 Å². The summed E-state index contributed by atoms with van der Waals surface area (Å²) >= 11 is 3.47. The Kier molecular flexibility index (Phi) is 2.32. The molecule has 0 bridgehead atoms. The summed E-state index contributed by atoms with van der Waals surface area (Å²) in [5.41, 5.74) is 3.47. The van der Waals surface area contributed by atoms with Gasteiger partial charge in [-0.05, 0) is 59.5 Å². The molecule has 3 rings (SSSR count). The summed E-state index contributed by atoms with van der Waals surface area (Å²) in [7, 11) is 0. The molecule has 0 saturated carbocycles. The smallest absolute Gasteiger partial charge is 0.132 e. The largest absolute Gasteiger partial charge is 0.236 e.